The topological polar surface area (TPSA) is 69.7 Å². The van der Waals surface area contributed by atoms with E-state index in [0.29, 0.717) is 13.0 Å². The zero-order valence-corrected chi connectivity index (χ0v) is 15.1. The van der Waals surface area contributed by atoms with Gasteiger partial charge in [-0.15, -0.1) is 0 Å². The lowest BCUT2D eigenvalue weighted by molar-refractivity contribution is -0.134. The molecule has 2 aliphatic rings. The number of nitrogens with zero attached hydrogens (tertiary/aromatic N) is 2. The van der Waals surface area contributed by atoms with E-state index in [4.69, 9.17) is 0 Å². The van der Waals surface area contributed by atoms with Gasteiger partial charge in [0, 0.05) is 12.2 Å². The van der Waals surface area contributed by atoms with Crippen LogP contribution in [0.2, 0.25) is 0 Å². The van der Waals surface area contributed by atoms with Gasteiger partial charge < -0.3 is 10.2 Å². The molecule has 4 amide bonds. The van der Waals surface area contributed by atoms with Crippen LogP contribution in [0.15, 0.2) is 54.6 Å². The van der Waals surface area contributed by atoms with Crippen molar-refractivity contribution in [1.29, 1.82) is 0 Å². The molecule has 1 fully saturated rings. The summed E-state index contributed by atoms with van der Waals surface area (Å²) in [6, 6.07) is 16.4. The number of fused-ring (bicyclic) bond motifs is 1. The Morgan fingerprint density at radius 1 is 1.07 bits per heavy atom. The van der Waals surface area contributed by atoms with Crippen LogP contribution in [0, 0.1) is 0 Å². The van der Waals surface area contributed by atoms with E-state index in [1.807, 2.05) is 61.5 Å². The van der Waals surface area contributed by atoms with E-state index in [1.165, 1.54) is 0 Å². The van der Waals surface area contributed by atoms with E-state index < -0.39 is 11.6 Å². The number of nitrogens with one attached hydrogen (secondary N) is 1. The quantitative estimate of drug-likeness (QED) is 0.848. The molecule has 6 heteroatoms. The summed E-state index contributed by atoms with van der Waals surface area (Å²) < 4.78 is 0. The SMILES string of the molecule is CC[C@@]1(c2ccccc2)NC(=O)N(CC(=O)N2CCc3ccccc32)C1=O. The number of rotatable bonds is 4. The van der Waals surface area contributed by atoms with Crippen LogP contribution in [-0.2, 0) is 21.5 Å². The standard InChI is InChI=1S/C21H21N3O3/c1-2-21(16-9-4-3-5-10-16)19(26)24(20(27)22-21)14-18(25)23-13-12-15-8-6-7-11-17(15)23/h3-11H,2,12-14H2,1H3,(H,22,27)/t21-/m0/s1. The highest BCUT2D eigenvalue weighted by Crippen LogP contribution is 2.33. The van der Waals surface area contributed by atoms with E-state index in [-0.39, 0.29) is 18.4 Å². The van der Waals surface area contributed by atoms with Crippen LogP contribution in [0.25, 0.3) is 0 Å². The molecule has 0 aliphatic carbocycles. The molecule has 138 valence electrons. The second-order valence-electron chi connectivity index (χ2n) is 6.87. The zero-order chi connectivity index (χ0) is 19.0. The molecule has 2 aliphatic heterocycles. The number of amides is 4. The molecule has 0 saturated carbocycles. The molecule has 1 atom stereocenters. The van der Waals surface area contributed by atoms with Gasteiger partial charge in [-0.3, -0.25) is 14.5 Å². The first kappa shape index (κ1) is 17.3. The summed E-state index contributed by atoms with van der Waals surface area (Å²) in [6.07, 6.45) is 1.20. The van der Waals surface area contributed by atoms with Crippen molar-refractivity contribution in [1.82, 2.24) is 10.2 Å². The first-order valence-electron chi connectivity index (χ1n) is 9.15. The smallest absolute Gasteiger partial charge is 0.319 e. The molecule has 0 spiro atoms. The number of imide groups is 1. The average Bonchev–Trinajstić information content (AvgIpc) is 3.23. The molecule has 6 nitrogen and oxygen atoms in total. The maximum atomic E-state index is 13.1. The minimum Gasteiger partial charge on any atom is -0.319 e. The van der Waals surface area contributed by atoms with Gasteiger partial charge in [-0.05, 0) is 30.0 Å². The predicted molar refractivity (Wildman–Crippen MR) is 101 cm³/mol. The largest absolute Gasteiger partial charge is 0.325 e. The molecule has 27 heavy (non-hydrogen) atoms. The maximum absolute atomic E-state index is 13.1. The van der Waals surface area contributed by atoms with Crippen molar-refractivity contribution in [3.63, 3.8) is 0 Å². The number of anilines is 1. The number of benzene rings is 2. The number of carbonyl (C=O) groups is 3. The molecule has 0 radical (unpaired) electrons. The normalized spacial score (nSPS) is 21.4. The number of hydrogen-bond donors (Lipinski definition) is 1. The summed E-state index contributed by atoms with van der Waals surface area (Å²) in [5.74, 6) is -0.620. The van der Waals surface area contributed by atoms with Gasteiger partial charge in [0.05, 0.1) is 0 Å². The Balaban J connectivity index is 1.58. The van der Waals surface area contributed by atoms with Crippen LogP contribution < -0.4 is 10.2 Å². The van der Waals surface area contributed by atoms with Gasteiger partial charge in [-0.2, -0.15) is 0 Å². The van der Waals surface area contributed by atoms with E-state index in [1.54, 1.807) is 4.90 Å². The zero-order valence-electron chi connectivity index (χ0n) is 15.1. The maximum Gasteiger partial charge on any atom is 0.325 e. The summed E-state index contributed by atoms with van der Waals surface area (Å²) in [5.41, 5.74) is 1.59. The lowest BCUT2D eigenvalue weighted by Gasteiger charge is -2.26. The third kappa shape index (κ3) is 2.68. The fourth-order valence-electron chi connectivity index (χ4n) is 3.95. The van der Waals surface area contributed by atoms with Crippen molar-refractivity contribution in [3.8, 4) is 0 Å². The van der Waals surface area contributed by atoms with E-state index in [0.717, 1.165) is 28.1 Å². The van der Waals surface area contributed by atoms with Gasteiger partial charge in [-0.25, -0.2) is 4.79 Å². The fraction of sp³-hybridized carbons (Fsp3) is 0.286. The third-order valence-corrected chi connectivity index (χ3v) is 5.45. The van der Waals surface area contributed by atoms with Crippen molar-refractivity contribution in [2.75, 3.05) is 18.0 Å². The minimum absolute atomic E-state index is 0.247. The lowest BCUT2D eigenvalue weighted by atomic mass is 9.87. The Morgan fingerprint density at radius 2 is 1.78 bits per heavy atom. The molecule has 4 rings (SSSR count). The Morgan fingerprint density at radius 3 is 2.52 bits per heavy atom. The molecule has 0 unspecified atom stereocenters. The summed E-state index contributed by atoms with van der Waals surface area (Å²) in [7, 11) is 0. The fourth-order valence-corrected chi connectivity index (χ4v) is 3.95. The van der Waals surface area contributed by atoms with Crippen molar-refractivity contribution in [3.05, 3.63) is 65.7 Å². The summed E-state index contributed by atoms with van der Waals surface area (Å²) in [5, 5.41) is 2.82. The number of carbonyl (C=O) groups excluding carboxylic acids is 3. The Bertz CT molecular complexity index is 912. The molecule has 2 aromatic rings. The van der Waals surface area contributed by atoms with Crippen LogP contribution in [0.1, 0.15) is 24.5 Å². The van der Waals surface area contributed by atoms with Crippen LogP contribution >= 0.6 is 0 Å². The van der Waals surface area contributed by atoms with Gasteiger partial charge in [0.25, 0.3) is 5.91 Å². The molecule has 1 saturated heterocycles. The molecule has 0 aromatic heterocycles. The molecular formula is C21H21N3O3. The molecule has 1 N–H and O–H groups in total. The van der Waals surface area contributed by atoms with Gasteiger partial charge in [0.1, 0.15) is 12.1 Å². The highest BCUT2D eigenvalue weighted by atomic mass is 16.2. The Hall–Kier alpha value is -3.15. The van der Waals surface area contributed by atoms with E-state index in [2.05, 4.69) is 5.32 Å². The highest BCUT2D eigenvalue weighted by molar-refractivity contribution is 6.11. The highest BCUT2D eigenvalue weighted by Gasteiger charge is 2.51. The monoisotopic (exact) mass is 363 g/mol. The number of urea groups is 1. The lowest BCUT2D eigenvalue weighted by Crippen LogP contribution is -2.45. The predicted octanol–water partition coefficient (Wildman–Crippen LogP) is 2.43. The first-order chi connectivity index (χ1) is 13.1. The summed E-state index contributed by atoms with van der Waals surface area (Å²) in [6.45, 7) is 2.17. The van der Waals surface area contributed by atoms with Gasteiger partial charge >= 0.3 is 6.03 Å². The van der Waals surface area contributed by atoms with Gasteiger partial charge in [0.2, 0.25) is 5.91 Å². The molecule has 2 aromatic carbocycles. The van der Waals surface area contributed by atoms with Crippen molar-refractivity contribution < 1.29 is 14.4 Å². The average molecular weight is 363 g/mol. The van der Waals surface area contributed by atoms with E-state index >= 15 is 0 Å². The minimum atomic E-state index is -1.11. The summed E-state index contributed by atoms with van der Waals surface area (Å²) >= 11 is 0. The number of para-hydroxylation sites is 1. The van der Waals surface area contributed by atoms with Gasteiger partial charge in [0.15, 0.2) is 0 Å². The Labute approximate surface area is 157 Å². The molecular weight excluding hydrogens is 342 g/mol. The second-order valence-corrected chi connectivity index (χ2v) is 6.87. The number of hydrogen-bond acceptors (Lipinski definition) is 3. The van der Waals surface area contributed by atoms with Gasteiger partial charge in [-0.1, -0.05) is 55.5 Å². The third-order valence-electron chi connectivity index (χ3n) is 5.45. The second kappa shape index (κ2) is 6.54. The first-order valence-corrected chi connectivity index (χ1v) is 9.15. The van der Waals surface area contributed by atoms with Crippen molar-refractivity contribution in [2.45, 2.75) is 25.3 Å². The Kier molecular flexibility index (Phi) is 4.18. The van der Waals surface area contributed by atoms with Crippen LogP contribution in [0.3, 0.4) is 0 Å². The molecule has 0 bridgehead atoms. The van der Waals surface area contributed by atoms with Crippen molar-refractivity contribution >= 4 is 23.5 Å². The van der Waals surface area contributed by atoms with E-state index in [9.17, 15) is 14.4 Å². The van der Waals surface area contributed by atoms with Crippen LogP contribution in [0.4, 0.5) is 10.5 Å². The van der Waals surface area contributed by atoms with Crippen molar-refractivity contribution in [2.24, 2.45) is 0 Å². The molecule has 2 heterocycles. The van der Waals surface area contributed by atoms with Crippen LogP contribution in [0.5, 0.6) is 0 Å². The van der Waals surface area contributed by atoms with Crippen LogP contribution in [-0.4, -0.2) is 35.8 Å². The summed E-state index contributed by atoms with van der Waals surface area (Å²) in [4.78, 5) is 41.2.